The van der Waals surface area contributed by atoms with Crippen LogP contribution in [-0.2, 0) is 4.79 Å². The van der Waals surface area contributed by atoms with Gasteiger partial charge in [-0.05, 0) is 24.5 Å². The number of nitrogens with one attached hydrogen (secondary N) is 3. The van der Waals surface area contributed by atoms with E-state index in [1.807, 2.05) is 24.3 Å². The maximum Gasteiger partial charge on any atom is 0.254 e. The lowest BCUT2D eigenvalue weighted by atomic mass is 9.90. The molecule has 1 aliphatic carbocycles. The summed E-state index contributed by atoms with van der Waals surface area (Å²) in [5.41, 5.74) is 3.47. The molecule has 2 amide bonds. The Kier molecular flexibility index (Phi) is 3.37. The van der Waals surface area contributed by atoms with Crippen LogP contribution in [0.5, 0.6) is 0 Å². The third kappa shape index (κ3) is 2.72. The molecule has 1 aromatic heterocycles. The topological polar surface area (TPSA) is 86.9 Å². The van der Waals surface area contributed by atoms with Crippen LogP contribution in [0.25, 0.3) is 0 Å². The summed E-state index contributed by atoms with van der Waals surface area (Å²) in [6.07, 6.45) is 4.19. The van der Waals surface area contributed by atoms with Crippen molar-refractivity contribution in [2.24, 2.45) is 0 Å². The predicted octanol–water partition coefficient (Wildman–Crippen LogP) is 2.14. The molecule has 1 aromatic carbocycles. The highest BCUT2D eigenvalue weighted by molar-refractivity contribution is 5.96. The molecule has 23 heavy (non-hydrogen) atoms. The number of rotatable bonds is 4. The third-order valence-corrected chi connectivity index (χ3v) is 4.51. The number of anilines is 1. The van der Waals surface area contributed by atoms with Crippen LogP contribution in [0.1, 0.15) is 52.7 Å². The molecule has 0 spiro atoms. The first kappa shape index (κ1) is 14.0. The number of hydrogen-bond acceptors (Lipinski definition) is 3. The normalized spacial score (nSPS) is 19.8. The first-order chi connectivity index (χ1) is 11.2. The van der Waals surface area contributed by atoms with Crippen LogP contribution < -0.4 is 10.6 Å². The number of carbonyl (C=O) groups excluding carboxylic acids is 2. The summed E-state index contributed by atoms with van der Waals surface area (Å²) in [7, 11) is 0. The Morgan fingerprint density at radius 1 is 1.30 bits per heavy atom. The SMILES string of the molecule is O=C1CC(CNC(=O)c2cn[nH]c2C2CC2)c2ccccc2N1. The molecule has 118 valence electrons. The van der Waals surface area contributed by atoms with E-state index in [1.165, 1.54) is 0 Å². The van der Waals surface area contributed by atoms with Gasteiger partial charge in [-0.25, -0.2) is 0 Å². The molecule has 1 atom stereocenters. The van der Waals surface area contributed by atoms with Gasteiger partial charge in [0.05, 0.1) is 17.5 Å². The van der Waals surface area contributed by atoms with Gasteiger partial charge in [-0.3, -0.25) is 14.7 Å². The second kappa shape index (κ2) is 5.53. The van der Waals surface area contributed by atoms with Crippen molar-refractivity contribution >= 4 is 17.5 Å². The van der Waals surface area contributed by atoms with Gasteiger partial charge in [-0.2, -0.15) is 5.10 Å². The lowest BCUT2D eigenvalue weighted by Crippen LogP contribution is -2.33. The number of hydrogen-bond donors (Lipinski definition) is 3. The highest BCUT2D eigenvalue weighted by atomic mass is 16.2. The fourth-order valence-electron chi connectivity index (χ4n) is 3.16. The summed E-state index contributed by atoms with van der Waals surface area (Å²) in [6, 6.07) is 7.74. The van der Waals surface area contributed by atoms with E-state index in [4.69, 9.17) is 0 Å². The van der Waals surface area contributed by atoms with Crippen LogP contribution in [0.3, 0.4) is 0 Å². The van der Waals surface area contributed by atoms with E-state index in [0.29, 0.717) is 24.4 Å². The van der Waals surface area contributed by atoms with Gasteiger partial charge in [0.25, 0.3) is 5.91 Å². The average Bonchev–Trinajstić information content (AvgIpc) is 3.29. The molecule has 2 aliphatic rings. The highest BCUT2D eigenvalue weighted by Crippen LogP contribution is 2.40. The minimum Gasteiger partial charge on any atom is -0.351 e. The zero-order valence-corrected chi connectivity index (χ0v) is 12.6. The Morgan fingerprint density at radius 2 is 2.13 bits per heavy atom. The van der Waals surface area contributed by atoms with Crippen molar-refractivity contribution in [3.05, 3.63) is 47.3 Å². The summed E-state index contributed by atoms with van der Waals surface area (Å²) in [4.78, 5) is 24.2. The van der Waals surface area contributed by atoms with E-state index in [9.17, 15) is 9.59 Å². The molecule has 6 heteroatoms. The molecule has 2 aromatic rings. The van der Waals surface area contributed by atoms with Crippen LogP contribution in [0.2, 0.25) is 0 Å². The van der Waals surface area contributed by atoms with Crippen LogP contribution >= 0.6 is 0 Å². The molecule has 3 N–H and O–H groups in total. The van der Waals surface area contributed by atoms with Crippen LogP contribution in [0.15, 0.2) is 30.5 Å². The fraction of sp³-hybridized carbons (Fsp3) is 0.353. The van der Waals surface area contributed by atoms with E-state index in [0.717, 1.165) is 29.8 Å². The highest BCUT2D eigenvalue weighted by Gasteiger charge is 2.30. The smallest absolute Gasteiger partial charge is 0.254 e. The van der Waals surface area contributed by atoms with Crippen LogP contribution in [0.4, 0.5) is 5.69 Å². The first-order valence-electron chi connectivity index (χ1n) is 7.92. The molecule has 0 saturated heterocycles. The van der Waals surface area contributed by atoms with Crippen molar-refractivity contribution in [1.82, 2.24) is 15.5 Å². The van der Waals surface area contributed by atoms with E-state index in [-0.39, 0.29) is 17.7 Å². The standard InChI is InChI=1S/C17H18N4O2/c22-15-7-11(12-3-1-2-4-14(12)20-15)8-18-17(23)13-9-19-21-16(13)10-5-6-10/h1-4,9-11H,5-8H2,(H,18,23)(H,19,21)(H,20,22). The third-order valence-electron chi connectivity index (χ3n) is 4.51. The number of carbonyl (C=O) groups is 2. The van der Waals surface area contributed by atoms with Gasteiger partial charge in [0.1, 0.15) is 0 Å². The van der Waals surface area contributed by atoms with Crippen molar-refractivity contribution < 1.29 is 9.59 Å². The molecule has 1 saturated carbocycles. The summed E-state index contributed by atoms with van der Waals surface area (Å²) >= 11 is 0. The van der Waals surface area contributed by atoms with Crippen molar-refractivity contribution in [3.8, 4) is 0 Å². The van der Waals surface area contributed by atoms with Crippen molar-refractivity contribution in [2.45, 2.75) is 31.1 Å². The van der Waals surface area contributed by atoms with Gasteiger partial charge in [0, 0.05) is 30.5 Å². The zero-order valence-electron chi connectivity index (χ0n) is 12.6. The maximum absolute atomic E-state index is 12.4. The number of aromatic amines is 1. The van der Waals surface area contributed by atoms with Gasteiger partial charge in [0.15, 0.2) is 0 Å². The van der Waals surface area contributed by atoms with Crippen molar-refractivity contribution in [2.75, 3.05) is 11.9 Å². The molecule has 2 heterocycles. The molecule has 1 unspecified atom stereocenters. The summed E-state index contributed by atoms with van der Waals surface area (Å²) in [6.45, 7) is 0.443. The summed E-state index contributed by atoms with van der Waals surface area (Å²) in [5.74, 6) is 0.314. The van der Waals surface area contributed by atoms with E-state index in [2.05, 4.69) is 20.8 Å². The van der Waals surface area contributed by atoms with Gasteiger partial charge < -0.3 is 10.6 Å². The summed E-state index contributed by atoms with van der Waals surface area (Å²) < 4.78 is 0. The molecule has 4 rings (SSSR count). The van der Waals surface area contributed by atoms with Gasteiger partial charge in [0.2, 0.25) is 5.91 Å². The minimum absolute atomic E-state index is 0.000163. The number of fused-ring (bicyclic) bond motifs is 1. The molecular weight excluding hydrogens is 292 g/mol. The average molecular weight is 310 g/mol. The van der Waals surface area contributed by atoms with Gasteiger partial charge >= 0.3 is 0 Å². The Bertz CT molecular complexity index is 763. The predicted molar refractivity (Wildman–Crippen MR) is 85.3 cm³/mol. The number of H-pyrrole nitrogens is 1. The number of benzene rings is 1. The maximum atomic E-state index is 12.4. The van der Waals surface area contributed by atoms with E-state index in [1.54, 1.807) is 6.20 Å². The molecule has 1 fully saturated rings. The fourth-order valence-corrected chi connectivity index (χ4v) is 3.16. The van der Waals surface area contributed by atoms with Crippen LogP contribution in [-0.4, -0.2) is 28.6 Å². The van der Waals surface area contributed by atoms with Gasteiger partial charge in [-0.1, -0.05) is 18.2 Å². The Labute approximate surface area is 133 Å². The zero-order chi connectivity index (χ0) is 15.8. The lowest BCUT2D eigenvalue weighted by Gasteiger charge is -2.25. The number of amides is 2. The minimum atomic E-state index is -0.121. The van der Waals surface area contributed by atoms with E-state index >= 15 is 0 Å². The van der Waals surface area contributed by atoms with Gasteiger partial charge in [-0.15, -0.1) is 0 Å². The molecule has 1 aliphatic heterocycles. The molecular formula is C17H18N4O2. The Hall–Kier alpha value is -2.63. The molecule has 0 radical (unpaired) electrons. The molecule has 6 nitrogen and oxygen atoms in total. The number of aromatic nitrogens is 2. The second-order valence-corrected chi connectivity index (χ2v) is 6.22. The molecule has 0 bridgehead atoms. The monoisotopic (exact) mass is 310 g/mol. The van der Waals surface area contributed by atoms with E-state index < -0.39 is 0 Å². The second-order valence-electron chi connectivity index (χ2n) is 6.22. The number of nitrogens with zero attached hydrogens (tertiary/aromatic N) is 1. The largest absolute Gasteiger partial charge is 0.351 e. The first-order valence-corrected chi connectivity index (χ1v) is 7.92. The Balaban J connectivity index is 1.47. The van der Waals surface area contributed by atoms with Crippen molar-refractivity contribution in [3.63, 3.8) is 0 Å². The lowest BCUT2D eigenvalue weighted by molar-refractivity contribution is -0.116. The quantitative estimate of drug-likeness (QED) is 0.808. The number of para-hydroxylation sites is 1. The van der Waals surface area contributed by atoms with Crippen LogP contribution in [0, 0.1) is 0 Å². The van der Waals surface area contributed by atoms with Crippen molar-refractivity contribution in [1.29, 1.82) is 0 Å². The summed E-state index contributed by atoms with van der Waals surface area (Å²) in [5, 5.41) is 12.8. The Morgan fingerprint density at radius 3 is 2.96 bits per heavy atom.